The summed E-state index contributed by atoms with van der Waals surface area (Å²) < 4.78 is 24.0. The van der Waals surface area contributed by atoms with Crippen LogP contribution in [0.2, 0.25) is 0 Å². The predicted molar refractivity (Wildman–Crippen MR) is 52.4 cm³/mol. The largest absolute Gasteiger partial charge is 0.288 e. The molecule has 3 heteroatoms. The second-order valence-electron chi connectivity index (χ2n) is 3.11. The van der Waals surface area contributed by atoms with Gasteiger partial charge in [0.05, 0.1) is 0 Å². The van der Waals surface area contributed by atoms with Gasteiger partial charge in [0.2, 0.25) is 0 Å². The van der Waals surface area contributed by atoms with E-state index >= 15 is 0 Å². The maximum atomic E-state index is 12.0. The van der Waals surface area contributed by atoms with Gasteiger partial charge in [-0.1, -0.05) is 37.7 Å². The first-order valence-electron chi connectivity index (χ1n) is 4.14. The minimum Gasteiger partial charge on any atom is -0.198 e. The van der Waals surface area contributed by atoms with Crippen molar-refractivity contribution in [3.05, 3.63) is 29.8 Å². The van der Waals surface area contributed by atoms with Crippen LogP contribution >= 0.6 is 11.8 Å². The summed E-state index contributed by atoms with van der Waals surface area (Å²) in [6.07, 6.45) is 0. The lowest BCUT2D eigenvalue weighted by Gasteiger charge is -2.06. The molecule has 0 bridgehead atoms. The molecule has 1 aromatic carbocycles. The van der Waals surface area contributed by atoms with Crippen LogP contribution in [0.3, 0.4) is 0 Å². The van der Waals surface area contributed by atoms with Crippen LogP contribution in [-0.2, 0) is 0 Å². The number of hydrogen-bond donors (Lipinski definition) is 0. The van der Waals surface area contributed by atoms with Crippen molar-refractivity contribution in [2.24, 2.45) is 0 Å². The number of halogens is 2. The maximum Gasteiger partial charge on any atom is 0.288 e. The van der Waals surface area contributed by atoms with Gasteiger partial charge in [-0.15, -0.1) is 0 Å². The number of alkyl halides is 2. The summed E-state index contributed by atoms with van der Waals surface area (Å²) in [5, 5.41) is 0. The normalized spacial score (nSPS) is 11.2. The lowest BCUT2D eigenvalue weighted by molar-refractivity contribution is 0.252. The Kier molecular flexibility index (Phi) is 3.72. The Labute approximate surface area is 81.3 Å². The van der Waals surface area contributed by atoms with Crippen LogP contribution in [0, 0.1) is 0 Å². The summed E-state index contributed by atoms with van der Waals surface area (Å²) in [6, 6.07) is 7.31. The van der Waals surface area contributed by atoms with E-state index in [-0.39, 0.29) is 0 Å². The summed E-state index contributed by atoms with van der Waals surface area (Å²) in [6.45, 7) is 4.10. The molecule has 0 saturated carbocycles. The van der Waals surface area contributed by atoms with Crippen molar-refractivity contribution < 1.29 is 8.78 Å². The molecule has 13 heavy (non-hydrogen) atoms. The lowest BCUT2D eigenvalue weighted by Crippen LogP contribution is -1.88. The van der Waals surface area contributed by atoms with Crippen molar-refractivity contribution in [2.75, 3.05) is 0 Å². The zero-order valence-corrected chi connectivity index (χ0v) is 8.44. The summed E-state index contributed by atoms with van der Waals surface area (Å²) in [5.41, 5.74) is 1.10. The number of rotatable bonds is 3. The first-order chi connectivity index (χ1) is 6.09. The summed E-state index contributed by atoms with van der Waals surface area (Å²) in [5.74, 6) is -1.94. The third-order valence-electron chi connectivity index (χ3n) is 1.75. The molecule has 0 amide bonds. The van der Waals surface area contributed by atoms with E-state index < -0.39 is 5.76 Å². The quantitative estimate of drug-likeness (QED) is 0.664. The second kappa shape index (κ2) is 4.61. The third-order valence-corrected chi connectivity index (χ3v) is 2.45. The molecule has 0 spiro atoms. The van der Waals surface area contributed by atoms with Crippen molar-refractivity contribution in [3.8, 4) is 0 Å². The van der Waals surface area contributed by atoms with Gasteiger partial charge in [0.1, 0.15) is 0 Å². The SMILES string of the molecule is CC(C)c1cccc(SC(F)F)c1. The summed E-state index contributed by atoms with van der Waals surface area (Å²) in [4.78, 5) is 0.640. The number of hydrogen-bond acceptors (Lipinski definition) is 1. The predicted octanol–water partition coefficient (Wildman–Crippen LogP) is 4.12. The van der Waals surface area contributed by atoms with E-state index in [9.17, 15) is 8.78 Å². The van der Waals surface area contributed by atoms with Crippen molar-refractivity contribution in [1.29, 1.82) is 0 Å². The van der Waals surface area contributed by atoms with E-state index in [2.05, 4.69) is 0 Å². The molecule has 1 rings (SSSR count). The van der Waals surface area contributed by atoms with Gasteiger partial charge in [0.25, 0.3) is 5.76 Å². The van der Waals surface area contributed by atoms with Crippen LogP contribution in [0.5, 0.6) is 0 Å². The Morgan fingerprint density at radius 3 is 2.46 bits per heavy atom. The van der Waals surface area contributed by atoms with Crippen LogP contribution in [0.25, 0.3) is 0 Å². The standard InChI is InChI=1S/C10H12F2S/c1-7(2)8-4-3-5-9(6-8)13-10(11)12/h3-7,10H,1-2H3. The van der Waals surface area contributed by atoms with Crippen LogP contribution < -0.4 is 0 Å². The Bertz CT molecular complexity index is 271. The Balaban J connectivity index is 2.79. The maximum absolute atomic E-state index is 12.0. The Hall–Kier alpha value is -0.570. The summed E-state index contributed by atoms with van der Waals surface area (Å²) in [7, 11) is 0. The minimum atomic E-state index is -2.33. The molecule has 0 nitrogen and oxygen atoms in total. The van der Waals surface area contributed by atoms with Gasteiger partial charge >= 0.3 is 0 Å². The van der Waals surface area contributed by atoms with Gasteiger partial charge < -0.3 is 0 Å². The van der Waals surface area contributed by atoms with Gasteiger partial charge in [-0.25, -0.2) is 0 Å². The molecular formula is C10H12F2S. The fourth-order valence-electron chi connectivity index (χ4n) is 1.05. The van der Waals surface area contributed by atoms with E-state index in [1.807, 2.05) is 32.0 Å². The first-order valence-corrected chi connectivity index (χ1v) is 5.02. The van der Waals surface area contributed by atoms with Gasteiger partial charge in [0.15, 0.2) is 0 Å². The van der Waals surface area contributed by atoms with Crippen LogP contribution in [-0.4, -0.2) is 5.76 Å². The molecule has 0 atom stereocenters. The van der Waals surface area contributed by atoms with Crippen molar-refractivity contribution >= 4 is 11.8 Å². The average Bonchev–Trinajstić information content (AvgIpc) is 2.03. The molecule has 0 radical (unpaired) electrons. The molecule has 0 N–H and O–H groups in total. The van der Waals surface area contributed by atoms with E-state index in [0.717, 1.165) is 5.56 Å². The molecule has 0 unspecified atom stereocenters. The summed E-state index contributed by atoms with van der Waals surface area (Å²) >= 11 is 0.597. The fraction of sp³-hybridized carbons (Fsp3) is 0.400. The molecule has 0 heterocycles. The first kappa shape index (κ1) is 10.5. The third kappa shape index (κ3) is 3.35. The van der Waals surface area contributed by atoms with E-state index in [4.69, 9.17) is 0 Å². The van der Waals surface area contributed by atoms with Gasteiger partial charge in [-0.3, -0.25) is 0 Å². The van der Waals surface area contributed by atoms with Gasteiger partial charge in [-0.2, -0.15) is 8.78 Å². The Morgan fingerprint density at radius 2 is 1.92 bits per heavy atom. The molecule has 0 aromatic heterocycles. The smallest absolute Gasteiger partial charge is 0.198 e. The highest BCUT2D eigenvalue weighted by Gasteiger charge is 2.06. The van der Waals surface area contributed by atoms with Crippen molar-refractivity contribution in [1.82, 2.24) is 0 Å². The topological polar surface area (TPSA) is 0 Å². The highest BCUT2D eigenvalue weighted by atomic mass is 32.2. The molecule has 72 valence electrons. The highest BCUT2D eigenvalue weighted by Crippen LogP contribution is 2.27. The van der Waals surface area contributed by atoms with Gasteiger partial charge in [0, 0.05) is 4.90 Å². The van der Waals surface area contributed by atoms with Gasteiger partial charge in [-0.05, 0) is 23.6 Å². The molecule has 0 saturated heterocycles. The lowest BCUT2D eigenvalue weighted by atomic mass is 10.0. The molecule has 0 aliphatic heterocycles. The number of thioether (sulfide) groups is 1. The van der Waals surface area contributed by atoms with Crippen molar-refractivity contribution in [3.63, 3.8) is 0 Å². The average molecular weight is 202 g/mol. The molecule has 0 aliphatic carbocycles. The fourth-order valence-corrected chi connectivity index (χ4v) is 1.62. The second-order valence-corrected chi connectivity index (χ2v) is 4.17. The molecule has 0 aliphatic rings. The zero-order valence-electron chi connectivity index (χ0n) is 7.63. The van der Waals surface area contributed by atoms with E-state index in [0.29, 0.717) is 22.6 Å². The molecular weight excluding hydrogens is 190 g/mol. The molecule has 1 aromatic rings. The monoisotopic (exact) mass is 202 g/mol. The van der Waals surface area contributed by atoms with E-state index in [1.54, 1.807) is 6.07 Å². The Morgan fingerprint density at radius 1 is 1.23 bits per heavy atom. The number of benzene rings is 1. The highest BCUT2D eigenvalue weighted by molar-refractivity contribution is 7.99. The van der Waals surface area contributed by atoms with Crippen molar-refractivity contribution in [2.45, 2.75) is 30.4 Å². The van der Waals surface area contributed by atoms with E-state index in [1.165, 1.54) is 0 Å². The van der Waals surface area contributed by atoms with Crippen LogP contribution in [0.4, 0.5) is 8.78 Å². The minimum absolute atomic E-state index is 0.387. The van der Waals surface area contributed by atoms with Crippen LogP contribution in [0.1, 0.15) is 25.3 Å². The van der Waals surface area contributed by atoms with Crippen LogP contribution in [0.15, 0.2) is 29.2 Å². The molecule has 0 fully saturated rings. The zero-order chi connectivity index (χ0) is 9.84.